The lowest BCUT2D eigenvalue weighted by atomic mass is 9.92. The molecule has 0 aromatic heterocycles. The summed E-state index contributed by atoms with van der Waals surface area (Å²) in [6, 6.07) is -0.220. The van der Waals surface area contributed by atoms with Crippen molar-refractivity contribution in [3.63, 3.8) is 0 Å². The average molecular weight is 254 g/mol. The lowest BCUT2D eigenvalue weighted by molar-refractivity contribution is -0.141. The fourth-order valence-electron chi connectivity index (χ4n) is 2.78. The quantitative estimate of drug-likeness (QED) is 0.748. The van der Waals surface area contributed by atoms with E-state index in [1.807, 2.05) is 18.7 Å². The molecule has 0 aromatic rings. The van der Waals surface area contributed by atoms with Crippen molar-refractivity contribution < 1.29 is 14.3 Å². The van der Waals surface area contributed by atoms with Gasteiger partial charge < -0.3 is 15.0 Å². The summed E-state index contributed by atoms with van der Waals surface area (Å²) < 4.78 is 5.68. The minimum absolute atomic E-state index is 0.0311. The first-order valence-corrected chi connectivity index (χ1v) is 6.63. The van der Waals surface area contributed by atoms with Gasteiger partial charge in [-0.25, -0.2) is 0 Å². The topological polar surface area (TPSA) is 58.6 Å². The van der Waals surface area contributed by atoms with Gasteiger partial charge in [0.25, 0.3) is 0 Å². The standard InChI is InChI=1S/C13H22N2O3/c1-9-12(17)15(6-4-11(16)14-9)10-5-7-18-13(2,3)8-10/h9-10H,4-8H2,1-3H3,(H,14,16). The third-order valence-electron chi connectivity index (χ3n) is 3.72. The number of hydrogen-bond donors (Lipinski definition) is 1. The molecule has 0 saturated carbocycles. The molecule has 2 aliphatic rings. The van der Waals surface area contributed by atoms with Gasteiger partial charge in [-0.2, -0.15) is 0 Å². The lowest BCUT2D eigenvalue weighted by Crippen LogP contribution is -2.51. The van der Waals surface area contributed by atoms with Crippen molar-refractivity contribution in [2.45, 2.75) is 57.7 Å². The molecule has 2 amide bonds. The van der Waals surface area contributed by atoms with E-state index in [0.717, 1.165) is 12.8 Å². The molecule has 0 aliphatic carbocycles. The minimum Gasteiger partial charge on any atom is -0.375 e. The first-order chi connectivity index (χ1) is 8.39. The van der Waals surface area contributed by atoms with Gasteiger partial charge in [0, 0.05) is 25.6 Å². The highest BCUT2D eigenvalue weighted by atomic mass is 16.5. The summed E-state index contributed by atoms with van der Waals surface area (Å²) in [6.07, 6.45) is 2.09. The van der Waals surface area contributed by atoms with Gasteiger partial charge in [-0.3, -0.25) is 9.59 Å². The Morgan fingerprint density at radius 2 is 2.11 bits per heavy atom. The van der Waals surface area contributed by atoms with E-state index < -0.39 is 6.04 Å². The van der Waals surface area contributed by atoms with Crippen LogP contribution < -0.4 is 5.32 Å². The smallest absolute Gasteiger partial charge is 0.245 e. The largest absolute Gasteiger partial charge is 0.375 e. The molecule has 1 N–H and O–H groups in total. The maximum absolute atomic E-state index is 12.3. The predicted molar refractivity (Wildman–Crippen MR) is 67.0 cm³/mol. The second kappa shape index (κ2) is 4.88. The van der Waals surface area contributed by atoms with Gasteiger partial charge in [-0.1, -0.05) is 0 Å². The minimum atomic E-state index is -0.411. The van der Waals surface area contributed by atoms with E-state index >= 15 is 0 Å². The molecule has 0 bridgehead atoms. The fraction of sp³-hybridized carbons (Fsp3) is 0.846. The van der Waals surface area contributed by atoms with Crippen LogP contribution in [0.15, 0.2) is 0 Å². The van der Waals surface area contributed by atoms with Crippen molar-refractivity contribution >= 4 is 11.8 Å². The maximum atomic E-state index is 12.3. The van der Waals surface area contributed by atoms with Crippen molar-refractivity contribution in [2.75, 3.05) is 13.2 Å². The van der Waals surface area contributed by atoms with Crippen molar-refractivity contribution in [3.8, 4) is 0 Å². The highest BCUT2D eigenvalue weighted by Gasteiger charge is 2.37. The van der Waals surface area contributed by atoms with Crippen LogP contribution in [0.1, 0.15) is 40.0 Å². The van der Waals surface area contributed by atoms with Gasteiger partial charge in [0.2, 0.25) is 11.8 Å². The summed E-state index contributed by atoms with van der Waals surface area (Å²) >= 11 is 0. The Labute approximate surface area is 108 Å². The molecule has 2 saturated heterocycles. The molecule has 0 radical (unpaired) electrons. The SMILES string of the molecule is CC1NC(=O)CCN(C2CCOC(C)(C)C2)C1=O. The molecule has 0 spiro atoms. The van der Waals surface area contributed by atoms with E-state index in [2.05, 4.69) is 5.32 Å². The molecule has 5 heteroatoms. The van der Waals surface area contributed by atoms with E-state index in [9.17, 15) is 9.59 Å². The van der Waals surface area contributed by atoms with E-state index in [4.69, 9.17) is 4.74 Å². The van der Waals surface area contributed by atoms with Crippen LogP contribution in [0.5, 0.6) is 0 Å². The first kappa shape index (κ1) is 13.3. The van der Waals surface area contributed by atoms with E-state index in [0.29, 0.717) is 19.6 Å². The molecule has 2 heterocycles. The van der Waals surface area contributed by atoms with Crippen LogP contribution in [0.25, 0.3) is 0 Å². The lowest BCUT2D eigenvalue weighted by Gasteiger charge is -2.41. The van der Waals surface area contributed by atoms with Crippen molar-refractivity contribution in [2.24, 2.45) is 0 Å². The molecule has 0 aromatic carbocycles. The fourth-order valence-corrected chi connectivity index (χ4v) is 2.78. The Morgan fingerprint density at radius 3 is 2.78 bits per heavy atom. The van der Waals surface area contributed by atoms with Crippen LogP contribution in [-0.2, 0) is 14.3 Å². The molecule has 2 unspecified atom stereocenters. The summed E-state index contributed by atoms with van der Waals surface area (Å²) in [7, 11) is 0. The predicted octanol–water partition coefficient (Wildman–Crippen LogP) is 0.681. The highest BCUT2D eigenvalue weighted by Crippen LogP contribution is 2.28. The normalized spacial score (nSPS) is 32.9. The second-order valence-electron chi connectivity index (χ2n) is 5.83. The average Bonchev–Trinajstić information content (AvgIpc) is 2.38. The number of hydrogen-bond acceptors (Lipinski definition) is 3. The first-order valence-electron chi connectivity index (χ1n) is 6.63. The van der Waals surface area contributed by atoms with Crippen LogP contribution >= 0.6 is 0 Å². The van der Waals surface area contributed by atoms with Crippen LogP contribution in [-0.4, -0.2) is 47.6 Å². The van der Waals surface area contributed by atoms with E-state index in [-0.39, 0.29) is 23.5 Å². The third kappa shape index (κ3) is 2.83. The zero-order chi connectivity index (χ0) is 13.3. The molecule has 2 rings (SSSR count). The molecule has 2 aliphatic heterocycles. The number of rotatable bonds is 1. The molecule has 102 valence electrons. The highest BCUT2D eigenvalue weighted by molar-refractivity contribution is 5.89. The van der Waals surface area contributed by atoms with Crippen LogP contribution in [0, 0.1) is 0 Å². The summed E-state index contributed by atoms with van der Waals surface area (Å²) in [5.41, 5.74) is -0.184. The molecular weight excluding hydrogens is 232 g/mol. The molecule has 18 heavy (non-hydrogen) atoms. The number of amides is 2. The van der Waals surface area contributed by atoms with Crippen molar-refractivity contribution in [1.29, 1.82) is 0 Å². The maximum Gasteiger partial charge on any atom is 0.245 e. The van der Waals surface area contributed by atoms with Gasteiger partial charge in [-0.05, 0) is 33.6 Å². The zero-order valence-electron chi connectivity index (χ0n) is 11.4. The summed E-state index contributed by atoms with van der Waals surface area (Å²) in [5, 5.41) is 2.72. The number of ether oxygens (including phenoxy) is 1. The van der Waals surface area contributed by atoms with Crippen LogP contribution in [0.4, 0.5) is 0 Å². The van der Waals surface area contributed by atoms with E-state index in [1.54, 1.807) is 6.92 Å². The third-order valence-corrected chi connectivity index (χ3v) is 3.72. The van der Waals surface area contributed by atoms with Crippen molar-refractivity contribution in [3.05, 3.63) is 0 Å². The van der Waals surface area contributed by atoms with E-state index in [1.165, 1.54) is 0 Å². The zero-order valence-corrected chi connectivity index (χ0v) is 11.4. The van der Waals surface area contributed by atoms with Crippen LogP contribution in [0.2, 0.25) is 0 Å². The molecule has 5 nitrogen and oxygen atoms in total. The number of nitrogens with zero attached hydrogens (tertiary/aromatic N) is 1. The molecular formula is C13H22N2O3. The summed E-state index contributed by atoms with van der Waals surface area (Å²) in [4.78, 5) is 25.6. The molecule has 2 atom stereocenters. The summed E-state index contributed by atoms with van der Waals surface area (Å²) in [5.74, 6) is -0.00628. The van der Waals surface area contributed by atoms with Gasteiger partial charge in [0.05, 0.1) is 5.60 Å². The Bertz CT molecular complexity index is 354. The monoisotopic (exact) mass is 254 g/mol. The van der Waals surface area contributed by atoms with Gasteiger partial charge in [-0.15, -0.1) is 0 Å². The van der Waals surface area contributed by atoms with Gasteiger partial charge in [0.15, 0.2) is 0 Å². The number of carbonyl (C=O) groups is 2. The number of nitrogens with one attached hydrogen (secondary N) is 1. The Morgan fingerprint density at radius 1 is 1.39 bits per heavy atom. The number of carbonyl (C=O) groups excluding carboxylic acids is 2. The Balaban J connectivity index is 2.10. The Hall–Kier alpha value is -1.10. The second-order valence-corrected chi connectivity index (χ2v) is 5.83. The summed E-state index contributed by atoms with van der Waals surface area (Å²) in [6.45, 7) is 7.05. The van der Waals surface area contributed by atoms with Gasteiger partial charge >= 0.3 is 0 Å². The Kier molecular flexibility index (Phi) is 3.61. The van der Waals surface area contributed by atoms with Gasteiger partial charge in [0.1, 0.15) is 6.04 Å². The van der Waals surface area contributed by atoms with Crippen molar-refractivity contribution in [1.82, 2.24) is 10.2 Å². The van der Waals surface area contributed by atoms with Crippen LogP contribution in [0.3, 0.4) is 0 Å². The molecule has 2 fully saturated rings.